The Morgan fingerprint density at radius 3 is 2.55 bits per heavy atom. The largest absolute Gasteiger partial charge is 0.496 e. The lowest BCUT2D eigenvalue weighted by atomic mass is 10.0. The van der Waals surface area contributed by atoms with E-state index in [1.54, 1.807) is 31.5 Å². The number of aryl methyl sites for hydroxylation is 1. The van der Waals surface area contributed by atoms with Gasteiger partial charge in [-0.1, -0.05) is 11.6 Å². The molecule has 6 heteroatoms. The Morgan fingerprint density at radius 1 is 1.30 bits per heavy atom. The zero-order chi connectivity index (χ0) is 14.7. The highest BCUT2D eigenvalue weighted by molar-refractivity contribution is 6.33. The third kappa shape index (κ3) is 2.72. The van der Waals surface area contributed by atoms with E-state index in [9.17, 15) is 4.79 Å². The van der Waals surface area contributed by atoms with Crippen LogP contribution in [0, 0.1) is 13.8 Å². The van der Waals surface area contributed by atoms with Gasteiger partial charge < -0.3 is 4.74 Å². The van der Waals surface area contributed by atoms with Gasteiger partial charge in [-0.3, -0.25) is 10.1 Å². The molecular weight excluding hydrogens is 278 g/mol. The summed E-state index contributed by atoms with van der Waals surface area (Å²) in [6, 6.07) is 3.40. The van der Waals surface area contributed by atoms with Crippen LogP contribution in [-0.2, 0) is 0 Å². The normalized spacial score (nSPS) is 10.2. The van der Waals surface area contributed by atoms with Gasteiger partial charge in [0, 0.05) is 17.4 Å². The van der Waals surface area contributed by atoms with Crippen LogP contribution in [0.4, 0.5) is 5.95 Å². The molecule has 20 heavy (non-hydrogen) atoms. The van der Waals surface area contributed by atoms with Crippen molar-refractivity contribution < 1.29 is 9.53 Å². The summed E-state index contributed by atoms with van der Waals surface area (Å²) in [6.07, 6.45) is 3.10. The maximum atomic E-state index is 12.3. The monoisotopic (exact) mass is 291 g/mol. The van der Waals surface area contributed by atoms with Crippen molar-refractivity contribution in [2.45, 2.75) is 13.8 Å². The van der Waals surface area contributed by atoms with Crippen molar-refractivity contribution in [3.63, 3.8) is 0 Å². The number of carbonyl (C=O) groups is 1. The topological polar surface area (TPSA) is 64.1 Å². The van der Waals surface area contributed by atoms with Crippen molar-refractivity contribution in [1.82, 2.24) is 9.97 Å². The van der Waals surface area contributed by atoms with Crippen LogP contribution in [0.2, 0.25) is 5.02 Å². The molecule has 0 saturated heterocycles. The Bertz CT molecular complexity index is 645. The Balaban J connectivity index is 2.41. The van der Waals surface area contributed by atoms with Gasteiger partial charge in [0.2, 0.25) is 5.95 Å². The zero-order valence-electron chi connectivity index (χ0n) is 11.4. The zero-order valence-corrected chi connectivity index (χ0v) is 12.2. The first-order valence-corrected chi connectivity index (χ1v) is 6.34. The summed E-state index contributed by atoms with van der Waals surface area (Å²) in [7, 11) is 1.51. The van der Waals surface area contributed by atoms with Crippen molar-refractivity contribution in [2.75, 3.05) is 12.4 Å². The third-order valence-electron chi connectivity index (χ3n) is 2.88. The summed E-state index contributed by atoms with van der Waals surface area (Å²) in [5.41, 5.74) is 1.90. The minimum absolute atomic E-state index is 0.232. The highest BCUT2D eigenvalue weighted by Gasteiger charge is 2.20. The minimum atomic E-state index is -0.354. The lowest BCUT2D eigenvalue weighted by molar-refractivity contribution is 0.102. The predicted molar refractivity (Wildman–Crippen MR) is 77.5 cm³/mol. The molecule has 0 unspecified atom stereocenters. The molecule has 5 nitrogen and oxygen atoms in total. The molecule has 0 fully saturated rings. The van der Waals surface area contributed by atoms with Crippen LogP contribution >= 0.6 is 11.6 Å². The fourth-order valence-corrected chi connectivity index (χ4v) is 2.04. The van der Waals surface area contributed by atoms with Crippen LogP contribution in [0.25, 0.3) is 0 Å². The van der Waals surface area contributed by atoms with Gasteiger partial charge in [-0.25, -0.2) is 9.97 Å². The van der Waals surface area contributed by atoms with Crippen molar-refractivity contribution in [3.8, 4) is 5.75 Å². The van der Waals surface area contributed by atoms with E-state index in [1.165, 1.54) is 7.11 Å². The van der Waals surface area contributed by atoms with Crippen molar-refractivity contribution in [2.24, 2.45) is 0 Å². The maximum Gasteiger partial charge on any atom is 0.262 e. The summed E-state index contributed by atoms with van der Waals surface area (Å²) in [4.78, 5) is 20.3. The molecule has 0 aliphatic heterocycles. The second kappa shape index (κ2) is 5.88. The van der Waals surface area contributed by atoms with E-state index in [0.717, 1.165) is 5.56 Å². The lowest BCUT2D eigenvalue weighted by Gasteiger charge is -2.14. The SMILES string of the molecule is COc1cc(C)c(Cl)c(C)c1C(=O)Nc1ncccn1. The van der Waals surface area contributed by atoms with Crippen LogP contribution in [-0.4, -0.2) is 23.0 Å². The molecule has 1 N–H and O–H groups in total. The average molecular weight is 292 g/mol. The molecule has 0 aliphatic rings. The molecule has 0 bridgehead atoms. The number of nitrogens with one attached hydrogen (secondary N) is 1. The summed E-state index contributed by atoms with van der Waals surface area (Å²) in [5, 5.41) is 3.17. The van der Waals surface area contributed by atoms with Gasteiger partial charge >= 0.3 is 0 Å². The van der Waals surface area contributed by atoms with Gasteiger partial charge in [-0.05, 0) is 37.1 Å². The Morgan fingerprint density at radius 2 is 1.95 bits per heavy atom. The standard InChI is InChI=1S/C14H14ClN3O2/c1-8-7-10(20-3)11(9(2)12(8)15)13(19)18-14-16-5-4-6-17-14/h4-7H,1-3H3,(H,16,17,18,19). The number of nitrogens with zero attached hydrogens (tertiary/aromatic N) is 2. The molecule has 1 aromatic carbocycles. The summed E-state index contributed by atoms with van der Waals surface area (Å²) in [6.45, 7) is 3.64. The van der Waals surface area contributed by atoms with Crippen LogP contribution in [0.3, 0.4) is 0 Å². The van der Waals surface area contributed by atoms with Crippen LogP contribution in [0.5, 0.6) is 5.75 Å². The van der Waals surface area contributed by atoms with Gasteiger partial charge in [0.05, 0.1) is 12.7 Å². The number of methoxy groups -OCH3 is 1. The number of benzene rings is 1. The van der Waals surface area contributed by atoms with E-state index in [0.29, 0.717) is 21.9 Å². The number of rotatable bonds is 3. The molecule has 0 radical (unpaired) electrons. The van der Waals surface area contributed by atoms with Crippen molar-refractivity contribution in [3.05, 3.63) is 46.2 Å². The molecule has 0 saturated carbocycles. The third-order valence-corrected chi connectivity index (χ3v) is 3.46. The summed E-state index contributed by atoms with van der Waals surface area (Å²) < 4.78 is 5.26. The van der Waals surface area contributed by atoms with E-state index in [1.807, 2.05) is 6.92 Å². The second-order valence-electron chi connectivity index (χ2n) is 4.24. The average Bonchev–Trinajstić information content (AvgIpc) is 2.45. The molecule has 0 atom stereocenters. The molecule has 0 aliphatic carbocycles. The van der Waals surface area contributed by atoms with Gasteiger partial charge in [0.25, 0.3) is 5.91 Å². The van der Waals surface area contributed by atoms with E-state index >= 15 is 0 Å². The van der Waals surface area contributed by atoms with Gasteiger partial charge in [0.15, 0.2) is 0 Å². The first-order chi connectivity index (χ1) is 9.54. The highest BCUT2D eigenvalue weighted by Crippen LogP contribution is 2.31. The molecule has 2 rings (SSSR count). The fourth-order valence-electron chi connectivity index (χ4n) is 1.89. The number of carbonyl (C=O) groups excluding carboxylic acids is 1. The summed E-state index contributed by atoms with van der Waals surface area (Å²) in [5.74, 6) is 0.348. The smallest absolute Gasteiger partial charge is 0.262 e. The van der Waals surface area contributed by atoms with Crippen molar-refractivity contribution >= 4 is 23.5 Å². The van der Waals surface area contributed by atoms with E-state index in [4.69, 9.17) is 16.3 Å². The molecule has 0 spiro atoms. The number of hydrogen-bond acceptors (Lipinski definition) is 4. The Labute approximate surface area is 122 Å². The minimum Gasteiger partial charge on any atom is -0.496 e. The number of aromatic nitrogens is 2. The Hall–Kier alpha value is -2.14. The van der Waals surface area contributed by atoms with Gasteiger partial charge in [-0.15, -0.1) is 0 Å². The maximum absolute atomic E-state index is 12.3. The first-order valence-electron chi connectivity index (χ1n) is 5.96. The number of halogens is 1. The number of hydrogen-bond donors (Lipinski definition) is 1. The van der Waals surface area contributed by atoms with Crippen LogP contribution < -0.4 is 10.1 Å². The fraction of sp³-hybridized carbons (Fsp3) is 0.214. The van der Waals surface area contributed by atoms with E-state index in [2.05, 4.69) is 15.3 Å². The molecular formula is C14H14ClN3O2. The molecule has 1 amide bonds. The quantitative estimate of drug-likeness (QED) is 0.944. The number of amides is 1. The first kappa shape index (κ1) is 14.3. The van der Waals surface area contributed by atoms with Gasteiger partial charge in [-0.2, -0.15) is 0 Å². The predicted octanol–water partition coefficient (Wildman–Crippen LogP) is 3.01. The number of anilines is 1. The molecule has 1 heterocycles. The molecule has 104 valence electrons. The van der Waals surface area contributed by atoms with E-state index in [-0.39, 0.29) is 11.9 Å². The van der Waals surface area contributed by atoms with E-state index < -0.39 is 0 Å². The van der Waals surface area contributed by atoms with Gasteiger partial charge in [0.1, 0.15) is 5.75 Å². The second-order valence-corrected chi connectivity index (χ2v) is 4.61. The number of ether oxygens (including phenoxy) is 1. The Kier molecular flexibility index (Phi) is 4.20. The lowest BCUT2D eigenvalue weighted by Crippen LogP contribution is -2.17. The van der Waals surface area contributed by atoms with Crippen LogP contribution in [0.1, 0.15) is 21.5 Å². The highest BCUT2D eigenvalue weighted by atomic mass is 35.5. The van der Waals surface area contributed by atoms with Crippen LogP contribution in [0.15, 0.2) is 24.5 Å². The molecule has 1 aromatic heterocycles. The summed E-state index contributed by atoms with van der Waals surface area (Å²) >= 11 is 6.19. The molecule has 2 aromatic rings. The van der Waals surface area contributed by atoms with Crippen molar-refractivity contribution in [1.29, 1.82) is 0 Å².